The van der Waals surface area contributed by atoms with Crippen LogP contribution in [0.2, 0.25) is 0 Å². The fraction of sp³-hybridized carbons (Fsp3) is 0.0588. The van der Waals surface area contributed by atoms with E-state index in [0.717, 1.165) is 5.75 Å². The van der Waals surface area contributed by atoms with Crippen LogP contribution in [0.1, 0.15) is 5.56 Å². The van der Waals surface area contributed by atoms with E-state index in [0.29, 0.717) is 0 Å². The van der Waals surface area contributed by atoms with E-state index in [4.69, 9.17) is 0 Å². The summed E-state index contributed by atoms with van der Waals surface area (Å²) in [5.41, 5.74) is 6.66. The van der Waals surface area contributed by atoms with Crippen molar-refractivity contribution in [3.05, 3.63) is 66.4 Å². The maximum atomic E-state index is 3.47. The number of aromatic amines is 1. The molecule has 0 unspecified atom stereocenters. The van der Waals surface area contributed by atoms with Gasteiger partial charge >= 0.3 is 0 Å². The largest absolute Gasteiger partial charge is 0.360 e. The molecule has 0 spiro atoms. The summed E-state index contributed by atoms with van der Waals surface area (Å²) >= 11 is 1.92. The second kappa shape index (κ2) is 4.32. The Hall–Kier alpha value is -1.93. The molecule has 2 heteroatoms. The molecule has 0 saturated carbocycles. The van der Waals surface area contributed by atoms with Crippen LogP contribution in [0.25, 0.3) is 22.4 Å². The molecule has 2 heterocycles. The third-order valence-corrected chi connectivity index (χ3v) is 4.70. The maximum absolute atomic E-state index is 3.47. The average molecular weight is 263 g/mol. The minimum Gasteiger partial charge on any atom is -0.360 e. The summed E-state index contributed by atoms with van der Waals surface area (Å²) in [6, 6.07) is 19.2. The van der Waals surface area contributed by atoms with Gasteiger partial charge in [0.2, 0.25) is 0 Å². The van der Waals surface area contributed by atoms with Crippen molar-refractivity contribution in [3.8, 4) is 22.4 Å². The molecule has 1 N–H and O–H groups in total. The van der Waals surface area contributed by atoms with Crippen LogP contribution in [0.15, 0.2) is 65.7 Å². The van der Waals surface area contributed by atoms with Crippen molar-refractivity contribution in [1.29, 1.82) is 0 Å². The Kier molecular flexibility index (Phi) is 2.49. The molecule has 1 aliphatic rings. The Labute approximate surface area is 116 Å². The fourth-order valence-electron chi connectivity index (χ4n) is 2.67. The first kappa shape index (κ1) is 10.9. The van der Waals surface area contributed by atoms with E-state index in [1.165, 1.54) is 32.8 Å². The standard InChI is InChI=1S/C17H13NS/c1-2-6-12(7-3-1)14-10-18-17-13-8-4-5-9-16(13)19-11-15(14)17/h1-10,18H,11H2. The molecule has 0 fully saturated rings. The molecule has 0 amide bonds. The Morgan fingerprint density at radius 1 is 0.842 bits per heavy atom. The van der Waals surface area contributed by atoms with Crippen molar-refractivity contribution >= 4 is 11.8 Å². The molecule has 0 bridgehead atoms. The van der Waals surface area contributed by atoms with Gasteiger partial charge in [-0.05, 0) is 17.2 Å². The Bertz CT molecular complexity index is 715. The number of fused-ring (bicyclic) bond motifs is 3. The van der Waals surface area contributed by atoms with Gasteiger partial charge in [-0.2, -0.15) is 0 Å². The first-order valence-electron chi connectivity index (χ1n) is 6.41. The van der Waals surface area contributed by atoms with Gasteiger partial charge in [-0.25, -0.2) is 0 Å². The average Bonchev–Trinajstić information content (AvgIpc) is 2.92. The van der Waals surface area contributed by atoms with Gasteiger partial charge in [0.1, 0.15) is 0 Å². The van der Waals surface area contributed by atoms with Crippen molar-refractivity contribution < 1.29 is 0 Å². The Balaban J connectivity index is 1.91. The maximum Gasteiger partial charge on any atom is 0.0512 e. The van der Waals surface area contributed by atoms with Gasteiger partial charge in [0.05, 0.1) is 5.69 Å². The molecule has 1 aliphatic heterocycles. The number of rotatable bonds is 1. The highest BCUT2D eigenvalue weighted by atomic mass is 32.2. The number of thioether (sulfide) groups is 1. The van der Waals surface area contributed by atoms with Crippen LogP contribution in [0.5, 0.6) is 0 Å². The van der Waals surface area contributed by atoms with E-state index in [-0.39, 0.29) is 0 Å². The van der Waals surface area contributed by atoms with Crippen LogP contribution < -0.4 is 0 Å². The lowest BCUT2D eigenvalue weighted by atomic mass is 10.0. The molecule has 4 rings (SSSR count). The van der Waals surface area contributed by atoms with Crippen LogP contribution in [0.4, 0.5) is 0 Å². The Morgan fingerprint density at radius 3 is 2.53 bits per heavy atom. The van der Waals surface area contributed by atoms with Crippen molar-refractivity contribution in [2.75, 3.05) is 0 Å². The molecule has 3 aromatic rings. The normalized spacial score (nSPS) is 12.8. The zero-order valence-corrected chi connectivity index (χ0v) is 11.2. The first-order chi connectivity index (χ1) is 9.43. The topological polar surface area (TPSA) is 15.8 Å². The predicted octanol–water partition coefficient (Wildman–Crippen LogP) is 4.95. The van der Waals surface area contributed by atoms with Crippen LogP contribution in [-0.4, -0.2) is 4.98 Å². The third-order valence-electron chi connectivity index (χ3n) is 3.60. The van der Waals surface area contributed by atoms with E-state index >= 15 is 0 Å². The van der Waals surface area contributed by atoms with Gasteiger partial charge in [0.15, 0.2) is 0 Å². The minimum absolute atomic E-state index is 1.04. The summed E-state index contributed by atoms with van der Waals surface area (Å²) in [7, 11) is 0. The smallest absolute Gasteiger partial charge is 0.0512 e. The van der Waals surface area contributed by atoms with Crippen molar-refractivity contribution in [3.63, 3.8) is 0 Å². The molecule has 0 saturated heterocycles. The highest BCUT2D eigenvalue weighted by molar-refractivity contribution is 7.98. The monoisotopic (exact) mass is 263 g/mol. The van der Waals surface area contributed by atoms with Crippen LogP contribution in [0, 0.1) is 0 Å². The van der Waals surface area contributed by atoms with Crippen LogP contribution in [0.3, 0.4) is 0 Å². The number of benzene rings is 2. The summed E-state index contributed by atoms with van der Waals surface area (Å²) in [4.78, 5) is 4.84. The van der Waals surface area contributed by atoms with Gasteiger partial charge in [0.25, 0.3) is 0 Å². The fourth-order valence-corrected chi connectivity index (χ4v) is 3.77. The molecule has 92 valence electrons. The number of hydrogen-bond donors (Lipinski definition) is 1. The highest BCUT2D eigenvalue weighted by Gasteiger charge is 2.20. The summed E-state index contributed by atoms with van der Waals surface area (Å²) in [6.07, 6.45) is 2.14. The molecule has 0 radical (unpaired) electrons. The SMILES string of the molecule is c1ccc(-c2c[nH]c3c2CSc2ccccc2-3)cc1. The second-order valence-corrected chi connectivity index (χ2v) is 5.72. The number of H-pyrrole nitrogens is 1. The van der Waals surface area contributed by atoms with E-state index in [2.05, 4.69) is 65.8 Å². The van der Waals surface area contributed by atoms with Gasteiger partial charge in [-0.15, -0.1) is 11.8 Å². The number of nitrogens with one attached hydrogen (secondary N) is 1. The summed E-state index contributed by atoms with van der Waals surface area (Å²) < 4.78 is 0. The number of aromatic nitrogens is 1. The molecular formula is C17H13NS. The lowest BCUT2D eigenvalue weighted by Gasteiger charge is -2.16. The summed E-state index contributed by atoms with van der Waals surface area (Å²) in [6.45, 7) is 0. The van der Waals surface area contributed by atoms with Gasteiger partial charge in [0, 0.05) is 28.0 Å². The van der Waals surface area contributed by atoms with E-state index in [1.807, 2.05) is 11.8 Å². The zero-order chi connectivity index (χ0) is 12.7. The van der Waals surface area contributed by atoms with Crippen LogP contribution >= 0.6 is 11.8 Å². The zero-order valence-electron chi connectivity index (χ0n) is 10.4. The quantitative estimate of drug-likeness (QED) is 0.656. The predicted molar refractivity (Wildman–Crippen MR) is 81.2 cm³/mol. The lowest BCUT2D eigenvalue weighted by molar-refractivity contribution is 1.28. The van der Waals surface area contributed by atoms with Crippen LogP contribution in [-0.2, 0) is 5.75 Å². The second-order valence-electron chi connectivity index (χ2n) is 4.71. The minimum atomic E-state index is 1.04. The first-order valence-corrected chi connectivity index (χ1v) is 7.40. The summed E-state index contributed by atoms with van der Waals surface area (Å²) in [5, 5.41) is 0. The van der Waals surface area contributed by atoms with Crippen molar-refractivity contribution in [2.24, 2.45) is 0 Å². The molecule has 0 atom stereocenters. The number of hydrogen-bond acceptors (Lipinski definition) is 1. The molecule has 1 nitrogen and oxygen atoms in total. The molecule has 19 heavy (non-hydrogen) atoms. The molecular weight excluding hydrogens is 250 g/mol. The Morgan fingerprint density at radius 2 is 1.63 bits per heavy atom. The van der Waals surface area contributed by atoms with Gasteiger partial charge in [-0.3, -0.25) is 0 Å². The van der Waals surface area contributed by atoms with Gasteiger partial charge < -0.3 is 4.98 Å². The highest BCUT2D eigenvalue weighted by Crippen LogP contribution is 2.44. The molecule has 1 aromatic heterocycles. The molecule has 0 aliphatic carbocycles. The van der Waals surface area contributed by atoms with Gasteiger partial charge in [-0.1, -0.05) is 48.5 Å². The van der Waals surface area contributed by atoms with Crippen molar-refractivity contribution in [1.82, 2.24) is 4.98 Å². The summed E-state index contributed by atoms with van der Waals surface area (Å²) in [5.74, 6) is 1.04. The van der Waals surface area contributed by atoms with E-state index in [1.54, 1.807) is 0 Å². The van der Waals surface area contributed by atoms with Crippen molar-refractivity contribution in [2.45, 2.75) is 10.6 Å². The third kappa shape index (κ3) is 1.71. The molecule has 2 aromatic carbocycles. The lowest BCUT2D eigenvalue weighted by Crippen LogP contribution is -1.94. The van der Waals surface area contributed by atoms with E-state index < -0.39 is 0 Å². The van der Waals surface area contributed by atoms with E-state index in [9.17, 15) is 0 Å².